The van der Waals surface area contributed by atoms with Crippen molar-refractivity contribution in [3.05, 3.63) is 52.8 Å². The summed E-state index contributed by atoms with van der Waals surface area (Å²) < 4.78 is 1.86. The summed E-state index contributed by atoms with van der Waals surface area (Å²) in [6.07, 6.45) is 4.92. The van der Waals surface area contributed by atoms with Crippen LogP contribution in [-0.2, 0) is 26.3 Å². The van der Waals surface area contributed by atoms with Gasteiger partial charge in [0, 0.05) is 24.8 Å². The normalized spacial score (nSPS) is 12.6. The van der Waals surface area contributed by atoms with E-state index in [1.165, 1.54) is 16.7 Å². The number of hydrogen-bond donors (Lipinski definition) is 1. The molecule has 2 N–H and O–H groups in total. The van der Waals surface area contributed by atoms with E-state index in [1.54, 1.807) is 0 Å². The molecule has 0 aliphatic carbocycles. The summed E-state index contributed by atoms with van der Waals surface area (Å²) in [7, 11) is 1.95. The minimum Gasteiger partial charge on any atom is -0.324 e. The molecule has 102 valence electrons. The number of nitrogens with two attached hydrogens (primary N) is 1. The highest BCUT2D eigenvalue weighted by Gasteiger charge is 2.14. The highest BCUT2D eigenvalue weighted by molar-refractivity contribution is 5.27. The van der Waals surface area contributed by atoms with Crippen LogP contribution < -0.4 is 5.73 Å². The molecule has 1 unspecified atom stereocenters. The maximum absolute atomic E-state index is 6.33. The maximum Gasteiger partial charge on any atom is 0.0669 e. The lowest BCUT2D eigenvalue weighted by Gasteiger charge is -2.11. The smallest absolute Gasteiger partial charge is 0.0669 e. The molecule has 1 atom stereocenters. The Kier molecular flexibility index (Phi) is 4.38. The minimum atomic E-state index is 0.0242. The van der Waals surface area contributed by atoms with Gasteiger partial charge in [-0.25, -0.2) is 0 Å². The summed E-state index contributed by atoms with van der Waals surface area (Å²) in [6.45, 7) is 4.29. The fourth-order valence-electron chi connectivity index (χ4n) is 2.41. The Bertz CT molecular complexity index is 525. The maximum atomic E-state index is 6.33. The van der Waals surface area contributed by atoms with Gasteiger partial charge in [-0.3, -0.25) is 4.68 Å². The molecule has 1 aromatic carbocycles. The van der Waals surface area contributed by atoms with E-state index in [4.69, 9.17) is 5.73 Å². The van der Waals surface area contributed by atoms with Gasteiger partial charge in [0.25, 0.3) is 0 Å². The summed E-state index contributed by atoms with van der Waals surface area (Å²) in [5.74, 6) is 0. The number of aromatic nitrogens is 2. The minimum absolute atomic E-state index is 0.0242. The van der Waals surface area contributed by atoms with Crippen LogP contribution in [0.3, 0.4) is 0 Å². The lowest BCUT2D eigenvalue weighted by molar-refractivity contribution is 0.711. The largest absolute Gasteiger partial charge is 0.324 e. The van der Waals surface area contributed by atoms with Crippen molar-refractivity contribution in [3.63, 3.8) is 0 Å². The Morgan fingerprint density at radius 3 is 2.32 bits per heavy atom. The van der Waals surface area contributed by atoms with Crippen LogP contribution in [-0.4, -0.2) is 9.78 Å². The van der Waals surface area contributed by atoms with E-state index in [9.17, 15) is 0 Å². The van der Waals surface area contributed by atoms with Gasteiger partial charge in [-0.05, 0) is 30.4 Å². The van der Waals surface area contributed by atoms with E-state index < -0.39 is 0 Å². The van der Waals surface area contributed by atoms with E-state index in [2.05, 4.69) is 43.2 Å². The zero-order chi connectivity index (χ0) is 13.8. The third kappa shape index (κ3) is 3.24. The standard InChI is InChI=1S/C16H23N3/c1-4-12-6-8-13(9-7-12)10-15(17)14-11-19(3)18-16(14)5-2/h6-9,11,15H,4-5,10,17H2,1-3H3. The summed E-state index contributed by atoms with van der Waals surface area (Å²) in [6, 6.07) is 8.76. The van der Waals surface area contributed by atoms with Crippen molar-refractivity contribution in [2.75, 3.05) is 0 Å². The van der Waals surface area contributed by atoms with Crippen LogP contribution in [0.4, 0.5) is 0 Å². The van der Waals surface area contributed by atoms with Crippen molar-refractivity contribution in [2.45, 2.75) is 39.2 Å². The van der Waals surface area contributed by atoms with Gasteiger partial charge in [0.05, 0.1) is 5.69 Å². The summed E-state index contributed by atoms with van der Waals surface area (Å²) in [5.41, 5.74) is 11.3. The molecule has 3 nitrogen and oxygen atoms in total. The molecule has 0 radical (unpaired) electrons. The first-order valence-electron chi connectivity index (χ1n) is 6.99. The zero-order valence-corrected chi connectivity index (χ0v) is 12.1. The molecule has 0 bridgehead atoms. The van der Waals surface area contributed by atoms with Gasteiger partial charge in [-0.15, -0.1) is 0 Å². The first-order valence-corrected chi connectivity index (χ1v) is 6.99. The summed E-state index contributed by atoms with van der Waals surface area (Å²) in [5, 5.41) is 4.46. The molecule has 0 aliphatic heterocycles. The van der Waals surface area contributed by atoms with Crippen LogP contribution in [0, 0.1) is 0 Å². The highest BCUT2D eigenvalue weighted by Crippen LogP contribution is 2.20. The van der Waals surface area contributed by atoms with Gasteiger partial charge in [-0.2, -0.15) is 5.10 Å². The predicted octanol–water partition coefficient (Wildman–Crippen LogP) is 2.79. The molecule has 0 aliphatic rings. The Hall–Kier alpha value is -1.61. The zero-order valence-electron chi connectivity index (χ0n) is 12.1. The van der Waals surface area contributed by atoms with Crippen LogP contribution >= 0.6 is 0 Å². The third-order valence-electron chi connectivity index (χ3n) is 3.56. The molecule has 0 saturated heterocycles. The number of nitrogens with zero attached hydrogens (tertiary/aromatic N) is 2. The Morgan fingerprint density at radius 1 is 1.11 bits per heavy atom. The monoisotopic (exact) mass is 257 g/mol. The van der Waals surface area contributed by atoms with Crippen LogP contribution in [0.1, 0.15) is 42.3 Å². The van der Waals surface area contributed by atoms with Crippen molar-refractivity contribution >= 4 is 0 Å². The molecule has 19 heavy (non-hydrogen) atoms. The molecular weight excluding hydrogens is 234 g/mol. The topological polar surface area (TPSA) is 43.8 Å². The van der Waals surface area contributed by atoms with E-state index in [-0.39, 0.29) is 6.04 Å². The van der Waals surface area contributed by atoms with Crippen molar-refractivity contribution in [1.82, 2.24) is 9.78 Å². The molecule has 0 fully saturated rings. The second kappa shape index (κ2) is 6.02. The van der Waals surface area contributed by atoms with Crippen LogP contribution in [0.2, 0.25) is 0 Å². The second-order valence-corrected chi connectivity index (χ2v) is 5.04. The molecule has 2 aromatic rings. The summed E-state index contributed by atoms with van der Waals surface area (Å²) >= 11 is 0. The number of rotatable bonds is 5. The summed E-state index contributed by atoms with van der Waals surface area (Å²) in [4.78, 5) is 0. The van der Waals surface area contributed by atoms with Crippen LogP contribution in [0.5, 0.6) is 0 Å². The van der Waals surface area contributed by atoms with Gasteiger partial charge >= 0.3 is 0 Å². The van der Waals surface area contributed by atoms with Crippen molar-refractivity contribution in [2.24, 2.45) is 12.8 Å². The van der Waals surface area contributed by atoms with Crippen LogP contribution in [0.25, 0.3) is 0 Å². The van der Waals surface area contributed by atoms with Gasteiger partial charge in [-0.1, -0.05) is 38.1 Å². The van der Waals surface area contributed by atoms with E-state index in [0.29, 0.717) is 0 Å². The Morgan fingerprint density at radius 2 is 1.74 bits per heavy atom. The second-order valence-electron chi connectivity index (χ2n) is 5.04. The van der Waals surface area contributed by atoms with Gasteiger partial charge in [0.1, 0.15) is 0 Å². The molecule has 1 aromatic heterocycles. The van der Waals surface area contributed by atoms with Gasteiger partial charge in [0.15, 0.2) is 0 Å². The average Bonchev–Trinajstić information content (AvgIpc) is 2.81. The predicted molar refractivity (Wildman–Crippen MR) is 79.0 cm³/mol. The third-order valence-corrected chi connectivity index (χ3v) is 3.56. The van der Waals surface area contributed by atoms with E-state index in [0.717, 1.165) is 25.0 Å². The Labute approximate surface area is 115 Å². The van der Waals surface area contributed by atoms with E-state index >= 15 is 0 Å². The molecule has 0 spiro atoms. The lowest BCUT2D eigenvalue weighted by Crippen LogP contribution is -2.14. The fourth-order valence-corrected chi connectivity index (χ4v) is 2.41. The van der Waals surface area contributed by atoms with Crippen LogP contribution in [0.15, 0.2) is 30.5 Å². The quantitative estimate of drug-likeness (QED) is 0.895. The molecule has 0 saturated carbocycles. The van der Waals surface area contributed by atoms with Crippen molar-refractivity contribution in [3.8, 4) is 0 Å². The molecule has 0 amide bonds. The molecule has 2 rings (SSSR count). The average molecular weight is 257 g/mol. The molecular formula is C16H23N3. The molecule has 1 heterocycles. The number of benzene rings is 1. The number of aryl methyl sites for hydroxylation is 3. The lowest BCUT2D eigenvalue weighted by atomic mass is 9.98. The van der Waals surface area contributed by atoms with Crippen molar-refractivity contribution < 1.29 is 0 Å². The number of hydrogen-bond acceptors (Lipinski definition) is 2. The van der Waals surface area contributed by atoms with Gasteiger partial charge < -0.3 is 5.73 Å². The SMILES string of the molecule is CCc1ccc(CC(N)c2cn(C)nc2CC)cc1. The highest BCUT2D eigenvalue weighted by atomic mass is 15.3. The van der Waals surface area contributed by atoms with Crippen molar-refractivity contribution in [1.29, 1.82) is 0 Å². The Balaban J connectivity index is 2.12. The van der Waals surface area contributed by atoms with E-state index in [1.807, 2.05) is 17.9 Å². The van der Waals surface area contributed by atoms with Gasteiger partial charge in [0.2, 0.25) is 0 Å². The first kappa shape index (κ1) is 13.8. The first-order chi connectivity index (χ1) is 9.13. The fraction of sp³-hybridized carbons (Fsp3) is 0.438. The molecule has 3 heteroatoms.